The summed E-state index contributed by atoms with van der Waals surface area (Å²) >= 11 is 0. The molecule has 0 spiro atoms. The highest BCUT2D eigenvalue weighted by molar-refractivity contribution is 8.17. The lowest BCUT2D eigenvalue weighted by molar-refractivity contribution is 1.30. The first kappa shape index (κ1) is 25.3. The fourth-order valence-corrected chi connectivity index (χ4v) is 9.62. The Morgan fingerprint density at radius 2 is 0.641 bits per heavy atom. The second kappa shape index (κ2) is 11.8. The summed E-state index contributed by atoms with van der Waals surface area (Å²) in [6.07, 6.45) is 0. The van der Waals surface area contributed by atoms with Crippen molar-refractivity contribution >= 4 is 21.8 Å². The van der Waals surface area contributed by atoms with Crippen LogP contribution < -0.4 is 0 Å². The van der Waals surface area contributed by atoms with Gasteiger partial charge in [0.15, 0.2) is 0 Å². The molecule has 39 heavy (non-hydrogen) atoms. The van der Waals surface area contributed by atoms with Gasteiger partial charge in [0, 0.05) is 0 Å². The molecule has 0 aliphatic heterocycles. The van der Waals surface area contributed by atoms with E-state index in [4.69, 9.17) is 0 Å². The van der Waals surface area contributed by atoms with Gasteiger partial charge in [0.2, 0.25) is 0 Å². The van der Waals surface area contributed by atoms with Crippen LogP contribution in [0, 0.1) is 6.92 Å². The van der Waals surface area contributed by atoms with Crippen LogP contribution in [0.25, 0.3) is 11.1 Å². The maximum Gasteiger partial charge on any atom is -0.00390 e. The Bertz CT molecular complexity index is 1600. The summed E-state index contributed by atoms with van der Waals surface area (Å²) in [6, 6.07) is 60.2. The van der Waals surface area contributed by atoms with Gasteiger partial charge in [0.1, 0.15) is 0 Å². The highest BCUT2D eigenvalue weighted by Crippen LogP contribution is 2.53. The number of rotatable bonds is 7. The number of hydrogen-bond donors (Lipinski definition) is 2. The molecule has 0 saturated carbocycles. The summed E-state index contributed by atoms with van der Waals surface area (Å²) < 4.78 is 0. The molecule has 192 valence electrons. The summed E-state index contributed by atoms with van der Waals surface area (Å²) in [5.74, 6) is 0. The normalized spacial score (nSPS) is 12.5. The van der Waals surface area contributed by atoms with Crippen LogP contribution in [-0.2, 0) is 0 Å². The highest BCUT2D eigenvalue weighted by atomic mass is 32.2. The van der Waals surface area contributed by atoms with E-state index in [1.54, 1.807) is 0 Å². The van der Waals surface area contributed by atoms with Crippen molar-refractivity contribution in [1.29, 1.82) is 0 Å². The first-order valence-corrected chi connectivity index (χ1v) is 16.0. The molecule has 0 nitrogen and oxygen atoms in total. The molecule has 0 amide bonds. The Morgan fingerprint density at radius 3 is 1.03 bits per heavy atom. The van der Waals surface area contributed by atoms with E-state index >= 15 is 0 Å². The molecule has 0 aromatic heterocycles. The van der Waals surface area contributed by atoms with Gasteiger partial charge < -0.3 is 0 Å². The molecule has 0 aliphatic rings. The van der Waals surface area contributed by atoms with Crippen molar-refractivity contribution in [2.75, 3.05) is 0 Å². The number of benzene rings is 6. The van der Waals surface area contributed by atoms with Gasteiger partial charge in [0.05, 0.1) is 0 Å². The molecule has 0 heterocycles. The molecule has 0 aliphatic carbocycles. The minimum Gasteiger partial charge on any atom is -0.173 e. The first-order valence-electron chi connectivity index (χ1n) is 13.3. The lowest BCUT2D eigenvalue weighted by atomic mass is 10.1. The average Bonchev–Trinajstić information content (AvgIpc) is 3.00. The molecule has 1 atom stereocenters. The van der Waals surface area contributed by atoms with Crippen LogP contribution in [0.5, 0.6) is 0 Å². The average molecular weight is 541 g/mol. The molecule has 0 bridgehead atoms. The molecular weight excluding hydrogens is 509 g/mol. The van der Waals surface area contributed by atoms with Crippen LogP contribution >= 0.6 is 21.8 Å². The van der Waals surface area contributed by atoms with E-state index in [1.165, 1.54) is 46.1 Å². The standard InChI is InChI=1S/C37H32S2/c1-29-23-25-35(26-24-29)39(34-19-9-4-10-20-34)37-22-12-14-31(28-37)30-13-11-21-36(27-30)38(32-15-5-2-6-16-32)33-17-7-3-8-18-33/h2-28,38-39H,1H3. The lowest BCUT2D eigenvalue weighted by Crippen LogP contribution is -1.91. The van der Waals surface area contributed by atoms with Crippen molar-refractivity contribution in [3.8, 4) is 11.1 Å². The zero-order chi connectivity index (χ0) is 26.4. The molecule has 2 heteroatoms. The Morgan fingerprint density at radius 1 is 0.308 bits per heavy atom. The van der Waals surface area contributed by atoms with Gasteiger partial charge in [-0.1, -0.05) is 96.6 Å². The third-order valence-corrected chi connectivity index (χ3v) is 11.7. The third-order valence-electron chi connectivity index (χ3n) is 6.88. The van der Waals surface area contributed by atoms with Gasteiger partial charge in [0.25, 0.3) is 0 Å². The summed E-state index contributed by atoms with van der Waals surface area (Å²) in [7, 11) is -1.30. The molecule has 0 radical (unpaired) electrons. The monoisotopic (exact) mass is 540 g/mol. The van der Waals surface area contributed by atoms with Crippen LogP contribution in [0.4, 0.5) is 0 Å². The van der Waals surface area contributed by atoms with E-state index in [-0.39, 0.29) is 0 Å². The summed E-state index contributed by atoms with van der Waals surface area (Å²) in [6.45, 7) is 2.15. The largest absolute Gasteiger partial charge is 0.173 e. The van der Waals surface area contributed by atoms with Crippen molar-refractivity contribution in [2.24, 2.45) is 0 Å². The number of aryl methyl sites for hydroxylation is 1. The smallest absolute Gasteiger partial charge is 0.00390 e. The SMILES string of the molecule is Cc1ccc([SH](c2ccccc2)c2cccc(-c3cccc([SH](c4ccccc4)c4ccccc4)c3)c2)cc1. The van der Waals surface area contributed by atoms with E-state index in [9.17, 15) is 0 Å². The van der Waals surface area contributed by atoms with Crippen LogP contribution in [0.3, 0.4) is 0 Å². The van der Waals surface area contributed by atoms with Gasteiger partial charge in [-0.3, -0.25) is 0 Å². The van der Waals surface area contributed by atoms with Crippen LogP contribution in [0.1, 0.15) is 5.56 Å². The van der Waals surface area contributed by atoms with Crippen molar-refractivity contribution in [1.82, 2.24) is 0 Å². The Labute approximate surface area is 237 Å². The minimum atomic E-state index is -0.653. The lowest BCUT2D eigenvalue weighted by Gasteiger charge is -2.25. The van der Waals surface area contributed by atoms with Gasteiger partial charge in [-0.25, -0.2) is 0 Å². The maximum absolute atomic E-state index is 2.41. The van der Waals surface area contributed by atoms with Gasteiger partial charge in [-0.15, -0.1) is 0 Å². The van der Waals surface area contributed by atoms with Gasteiger partial charge >= 0.3 is 0 Å². The molecule has 1 unspecified atom stereocenters. The highest BCUT2D eigenvalue weighted by Gasteiger charge is 2.16. The predicted molar refractivity (Wildman–Crippen MR) is 170 cm³/mol. The minimum absolute atomic E-state index is 0.644. The fourth-order valence-electron chi connectivity index (χ4n) is 4.97. The number of thiol groups is 2. The summed E-state index contributed by atoms with van der Waals surface area (Å²) in [4.78, 5) is 8.24. The topological polar surface area (TPSA) is 0 Å². The Balaban J connectivity index is 1.43. The van der Waals surface area contributed by atoms with E-state index in [0.29, 0.717) is 0 Å². The third kappa shape index (κ3) is 5.73. The molecule has 0 saturated heterocycles. The van der Waals surface area contributed by atoms with Crippen LogP contribution in [-0.4, -0.2) is 0 Å². The van der Waals surface area contributed by atoms with Gasteiger partial charge in [-0.05, 0) is 120 Å². The zero-order valence-electron chi connectivity index (χ0n) is 22.0. The van der Waals surface area contributed by atoms with Crippen molar-refractivity contribution in [2.45, 2.75) is 36.3 Å². The Kier molecular flexibility index (Phi) is 7.67. The maximum atomic E-state index is 2.41. The summed E-state index contributed by atoms with van der Waals surface area (Å²) in [5.41, 5.74) is 3.82. The van der Waals surface area contributed by atoms with Crippen LogP contribution in [0.2, 0.25) is 0 Å². The quantitative estimate of drug-likeness (QED) is 0.185. The van der Waals surface area contributed by atoms with Crippen LogP contribution in [0.15, 0.2) is 193 Å². The second-order valence-electron chi connectivity index (χ2n) is 9.61. The molecule has 0 fully saturated rings. The molecule has 0 N–H and O–H groups in total. The Hall–Kier alpha value is -3.98. The number of hydrogen-bond acceptors (Lipinski definition) is 0. The van der Waals surface area contributed by atoms with Crippen molar-refractivity contribution in [3.63, 3.8) is 0 Å². The molecule has 6 aromatic carbocycles. The van der Waals surface area contributed by atoms with E-state index in [0.717, 1.165) is 0 Å². The van der Waals surface area contributed by atoms with E-state index in [1.807, 2.05) is 0 Å². The predicted octanol–water partition coefficient (Wildman–Crippen LogP) is 10.6. The second-order valence-corrected chi connectivity index (χ2v) is 14.1. The van der Waals surface area contributed by atoms with E-state index < -0.39 is 21.8 Å². The van der Waals surface area contributed by atoms with Crippen molar-refractivity contribution in [3.05, 3.63) is 169 Å². The molecular formula is C37H32S2. The first-order chi connectivity index (χ1) is 19.3. The zero-order valence-corrected chi connectivity index (χ0v) is 23.8. The van der Waals surface area contributed by atoms with Gasteiger partial charge in [-0.2, -0.15) is 21.8 Å². The van der Waals surface area contributed by atoms with E-state index in [2.05, 4.69) is 171 Å². The van der Waals surface area contributed by atoms with Crippen molar-refractivity contribution < 1.29 is 0 Å². The summed E-state index contributed by atoms with van der Waals surface area (Å²) in [5, 5.41) is 0. The molecule has 6 rings (SSSR count). The fraction of sp³-hybridized carbons (Fsp3) is 0.0270. The molecule has 6 aromatic rings.